The van der Waals surface area contributed by atoms with E-state index in [2.05, 4.69) is 32.5 Å². The summed E-state index contributed by atoms with van der Waals surface area (Å²) in [7, 11) is 0. The first-order valence-corrected chi connectivity index (χ1v) is 4.02. The van der Waals surface area contributed by atoms with Gasteiger partial charge in [-0.3, -0.25) is 0 Å². The Morgan fingerprint density at radius 3 is 1.50 bits per heavy atom. The Bertz CT molecular complexity index is 51.3. The molecule has 0 amide bonds. The van der Waals surface area contributed by atoms with Gasteiger partial charge in [0, 0.05) is 0 Å². The Kier molecular flexibility index (Phi) is 22.7. The Morgan fingerprint density at radius 1 is 1.08 bits per heavy atom. The summed E-state index contributed by atoms with van der Waals surface area (Å²) in [6.45, 7) is 8.64. The Morgan fingerprint density at radius 2 is 1.42 bits per heavy atom. The van der Waals surface area contributed by atoms with Crippen molar-refractivity contribution in [2.75, 3.05) is 13.1 Å². The van der Waals surface area contributed by atoms with Crippen molar-refractivity contribution in [1.82, 2.24) is 5.32 Å². The van der Waals surface area contributed by atoms with E-state index in [9.17, 15) is 0 Å². The van der Waals surface area contributed by atoms with Crippen molar-refractivity contribution < 1.29 is 0 Å². The molecule has 70 valence electrons. The summed E-state index contributed by atoms with van der Waals surface area (Å²) >= 11 is 0. The summed E-state index contributed by atoms with van der Waals surface area (Å²) in [6.07, 6.45) is 4.86. The molecule has 1 aliphatic rings. The predicted molar refractivity (Wildman–Crippen MR) is 59.7 cm³/mol. The molecule has 1 N–H and O–H groups in total. The minimum Gasteiger partial charge on any atom is -0.326 e. The maximum absolute atomic E-state index is 3.25. The number of nitrogens with one attached hydrogen (secondary N) is 1. The van der Waals surface area contributed by atoms with Gasteiger partial charge in [-0.25, -0.2) is 0 Å². The van der Waals surface area contributed by atoms with Crippen LogP contribution in [0, 0.1) is 12.3 Å². The molecule has 0 aromatic rings. The van der Waals surface area contributed by atoms with E-state index in [1.807, 2.05) is 0 Å². The first-order valence-electron chi connectivity index (χ1n) is 4.02. The van der Waals surface area contributed by atoms with Gasteiger partial charge >= 0.3 is 23.1 Å². The van der Waals surface area contributed by atoms with Gasteiger partial charge in [0.25, 0.3) is 0 Å². The smallest absolute Gasteiger partial charge is 0.326 e. The van der Waals surface area contributed by atoms with E-state index in [4.69, 9.17) is 0 Å². The van der Waals surface area contributed by atoms with E-state index in [-0.39, 0.29) is 35.5 Å². The normalized spacial score (nSPS) is 15.0. The number of rotatable bonds is 0. The molecule has 1 nitrogen and oxygen atoms in total. The van der Waals surface area contributed by atoms with Crippen LogP contribution in [0.25, 0.3) is 0 Å². The fourth-order valence-corrected chi connectivity index (χ4v) is 0.678. The van der Waals surface area contributed by atoms with Gasteiger partial charge in [-0.1, -0.05) is 0 Å². The second-order valence-electron chi connectivity index (χ2n) is 3.12. The monoisotopic (exact) mass is 201 g/mol. The Labute approximate surface area is 99.6 Å². The third kappa shape index (κ3) is 22.5. The first kappa shape index (κ1) is 18.7. The van der Waals surface area contributed by atoms with Crippen molar-refractivity contribution in [3.8, 4) is 0 Å². The molecule has 1 fully saturated rings. The minimum atomic E-state index is 0. The topological polar surface area (TPSA) is 12.0 Å². The third-order valence-electron chi connectivity index (χ3n) is 1.05. The van der Waals surface area contributed by atoms with Crippen LogP contribution in [0.4, 0.5) is 0 Å². The second kappa shape index (κ2) is 14.5. The van der Waals surface area contributed by atoms with Crippen LogP contribution in [-0.4, -0.2) is 36.1 Å². The average molecular weight is 202 g/mol. The van der Waals surface area contributed by atoms with Gasteiger partial charge < -0.3 is 17.7 Å². The zero-order valence-corrected chi connectivity index (χ0v) is 10.8. The van der Waals surface area contributed by atoms with E-state index in [0.29, 0.717) is 0 Å². The third-order valence-corrected chi connectivity index (χ3v) is 1.05. The molecule has 0 bridgehead atoms. The largest absolute Gasteiger partial charge is 2.00 e. The molecular weight excluding hydrogens is 182 g/mol. The van der Waals surface area contributed by atoms with Crippen molar-refractivity contribution in [3.05, 3.63) is 12.3 Å². The van der Waals surface area contributed by atoms with Gasteiger partial charge in [0.2, 0.25) is 0 Å². The zero-order valence-electron chi connectivity index (χ0n) is 8.52. The van der Waals surface area contributed by atoms with Crippen molar-refractivity contribution in [3.63, 3.8) is 0 Å². The molecule has 1 heterocycles. The summed E-state index contributed by atoms with van der Waals surface area (Å²) in [5.74, 6) is 1.42. The van der Waals surface area contributed by atoms with Crippen LogP contribution in [0.1, 0.15) is 33.6 Å². The van der Waals surface area contributed by atoms with Gasteiger partial charge in [0.05, 0.1) is 0 Å². The number of hydrogen-bond donors (Lipinski definition) is 1. The van der Waals surface area contributed by atoms with E-state index in [1.165, 1.54) is 31.8 Å². The molecule has 0 atom stereocenters. The van der Waals surface area contributed by atoms with Crippen LogP contribution in [-0.2, 0) is 0 Å². The van der Waals surface area contributed by atoms with Gasteiger partial charge in [-0.15, -0.1) is 12.4 Å². The van der Waals surface area contributed by atoms with E-state index >= 15 is 0 Å². The molecule has 0 spiro atoms. The zero-order chi connectivity index (χ0) is 7.82. The van der Waals surface area contributed by atoms with Crippen molar-refractivity contribution in [2.45, 2.75) is 33.6 Å². The maximum atomic E-state index is 3.25. The maximum Gasteiger partial charge on any atom is 2.00 e. The van der Waals surface area contributed by atoms with Crippen LogP contribution >= 0.6 is 12.4 Å². The second-order valence-corrected chi connectivity index (χ2v) is 3.12. The molecule has 0 unspecified atom stereocenters. The van der Waals surface area contributed by atoms with Gasteiger partial charge in [0.1, 0.15) is 0 Å². The van der Waals surface area contributed by atoms with E-state index < -0.39 is 0 Å². The quantitative estimate of drug-likeness (QED) is 0.469. The molecule has 3 heteroatoms. The van der Waals surface area contributed by atoms with Crippen molar-refractivity contribution in [2.24, 2.45) is 0 Å². The molecule has 0 aromatic carbocycles. The minimum absolute atomic E-state index is 0. The molecule has 0 radical (unpaired) electrons. The van der Waals surface area contributed by atoms with E-state index in [1.54, 1.807) is 0 Å². The number of hydrogen-bond acceptors (Lipinski definition) is 1. The van der Waals surface area contributed by atoms with Crippen LogP contribution in [0.15, 0.2) is 0 Å². The molecule has 1 rings (SSSR count). The molecule has 0 aliphatic carbocycles. The summed E-state index contributed by atoms with van der Waals surface area (Å²) in [5, 5.41) is 3.25. The molecule has 0 aromatic heterocycles. The summed E-state index contributed by atoms with van der Waals surface area (Å²) in [5.41, 5.74) is 0. The summed E-state index contributed by atoms with van der Waals surface area (Å²) in [4.78, 5) is 0. The van der Waals surface area contributed by atoms with Gasteiger partial charge in [-0.2, -0.15) is 33.6 Å². The molecule has 0 saturated carbocycles. The first-order chi connectivity index (χ1) is 4.73. The fourth-order valence-electron chi connectivity index (χ4n) is 0.678. The average Bonchev–Trinajstić information content (AvgIpc) is 1.90. The number of piperidine rings is 1. The van der Waals surface area contributed by atoms with Gasteiger partial charge in [-0.05, 0) is 13.1 Å². The van der Waals surface area contributed by atoms with Crippen LogP contribution in [0.3, 0.4) is 0 Å². The molecular formula is C9H20ClMgN. The standard InChI is InChI=1S/C5H10N.C4H9.ClH.Mg/c1-2-4-6-5-3-1;1-4(2)3;;/h1,6H,2-5H2;1-3H3;1H;/q2*-1;;+2. The molecule has 1 saturated heterocycles. The van der Waals surface area contributed by atoms with Crippen LogP contribution in [0.5, 0.6) is 0 Å². The Balaban J connectivity index is -0.000000124. The summed E-state index contributed by atoms with van der Waals surface area (Å²) in [6, 6.07) is 0. The van der Waals surface area contributed by atoms with Crippen LogP contribution in [0.2, 0.25) is 0 Å². The number of halogens is 1. The molecule has 1 aliphatic heterocycles. The summed E-state index contributed by atoms with van der Waals surface area (Å²) < 4.78 is 0. The van der Waals surface area contributed by atoms with Crippen LogP contribution < -0.4 is 5.32 Å². The fraction of sp³-hybridized carbons (Fsp3) is 0.778. The van der Waals surface area contributed by atoms with Gasteiger partial charge in [0.15, 0.2) is 0 Å². The SMILES string of the molecule is C[C-](C)C.Cl.[CH-]1CCNCC1.[Mg+2]. The predicted octanol–water partition coefficient (Wildman–Crippen LogP) is 2.24. The van der Waals surface area contributed by atoms with Crippen molar-refractivity contribution >= 4 is 35.5 Å². The van der Waals surface area contributed by atoms with E-state index in [0.717, 1.165) is 0 Å². The Hall–Kier alpha value is 1.02. The molecule has 12 heavy (non-hydrogen) atoms. The van der Waals surface area contributed by atoms with Crippen molar-refractivity contribution in [1.29, 1.82) is 0 Å².